The first-order valence-electron chi connectivity index (χ1n) is 10.3. The number of ether oxygens (including phenoxy) is 2. The van der Waals surface area contributed by atoms with Crippen molar-refractivity contribution in [3.8, 4) is 22.8 Å². The van der Waals surface area contributed by atoms with Crippen molar-refractivity contribution in [2.24, 2.45) is 0 Å². The maximum absolute atomic E-state index is 9.43. The quantitative estimate of drug-likeness (QED) is 0.416. The summed E-state index contributed by atoms with van der Waals surface area (Å²) in [5, 5.41) is 14.8. The molecule has 160 valence electrons. The minimum atomic E-state index is -0.190. The molecule has 0 aliphatic heterocycles. The number of rotatable bonds is 9. The number of methoxy groups -OCH3 is 1. The molecule has 3 aromatic heterocycles. The summed E-state index contributed by atoms with van der Waals surface area (Å²) >= 11 is 0. The van der Waals surface area contributed by atoms with Gasteiger partial charge in [0, 0.05) is 18.4 Å². The smallest absolute Gasteiger partial charge is 0.172 e. The Hall–Kier alpha value is -3.36. The van der Waals surface area contributed by atoms with E-state index in [2.05, 4.69) is 22.0 Å². The highest BCUT2D eigenvalue weighted by Gasteiger charge is 2.15. The number of hydrogen-bond donors (Lipinski definition) is 1. The lowest BCUT2D eigenvalue weighted by atomic mass is 10.1. The summed E-state index contributed by atoms with van der Waals surface area (Å²) in [4.78, 5) is 13.4. The van der Waals surface area contributed by atoms with Gasteiger partial charge in [0.15, 0.2) is 5.82 Å². The van der Waals surface area contributed by atoms with Gasteiger partial charge in [-0.3, -0.25) is 9.97 Å². The number of nitrogens with zero attached hydrogens (tertiary/aromatic N) is 5. The van der Waals surface area contributed by atoms with Crippen LogP contribution >= 0.6 is 0 Å². The van der Waals surface area contributed by atoms with E-state index in [0.717, 1.165) is 40.7 Å². The maximum Gasteiger partial charge on any atom is 0.172 e. The molecule has 31 heavy (non-hydrogen) atoms. The first kappa shape index (κ1) is 20.9. The van der Waals surface area contributed by atoms with E-state index in [1.54, 1.807) is 24.2 Å². The summed E-state index contributed by atoms with van der Waals surface area (Å²) in [6.45, 7) is 2.85. The average molecular weight is 419 g/mol. The largest absolute Gasteiger partial charge is 0.490 e. The normalized spacial score (nSPS) is 11.2. The summed E-state index contributed by atoms with van der Waals surface area (Å²) in [5.74, 6) is 1.22. The number of hydrogen-bond acceptors (Lipinski definition) is 7. The van der Waals surface area contributed by atoms with Gasteiger partial charge in [0.05, 0.1) is 54.1 Å². The standard InChI is InChI=1S/C23H25N5O3/c1-3-5-17-6-4-7-20(26-17)16-10-21-19(22(11-16)31-9-8-30-2)13-25-28(21)23-14-24-12-18(15-29)27-23/h4,6-7,10-14,29H,3,5,8-9,15H2,1-2H3. The van der Waals surface area contributed by atoms with Crippen LogP contribution < -0.4 is 4.74 Å². The van der Waals surface area contributed by atoms with Crippen LogP contribution in [0.4, 0.5) is 0 Å². The van der Waals surface area contributed by atoms with Crippen LogP contribution in [0.1, 0.15) is 24.7 Å². The summed E-state index contributed by atoms with van der Waals surface area (Å²) in [7, 11) is 1.64. The van der Waals surface area contributed by atoms with E-state index in [1.165, 1.54) is 6.20 Å². The van der Waals surface area contributed by atoms with Gasteiger partial charge in [-0.05, 0) is 30.7 Å². The molecule has 8 nitrogen and oxygen atoms in total. The minimum absolute atomic E-state index is 0.190. The van der Waals surface area contributed by atoms with E-state index in [0.29, 0.717) is 30.5 Å². The molecule has 0 spiro atoms. The van der Waals surface area contributed by atoms with E-state index < -0.39 is 0 Å². The zero-order valence-electron chi connectivity index (χ0n) is 17.7. The molecular weight excluding hydrogens is 394 g/mol. The third-order valence-corrected chi connectivity index (χ3v) is 4.86. The monoisotopic (exact) mass is 419 g/mol. The highest BCUT2D eigenvalue weighted by Crippen LogP contribution is 2.33. The molecule has 0 radical (unpaired) electrons. The molecule has 0 aliphatic rings. The van der Waals surface area contributed by atoms with Crippen LogP contribution in [0.2, 0.25) is 0 Å². The fraction of sp³-hybridized carbons (Fsp3) is 0.304. The van der Waals surface area contributed by atoms with Crippen LogP contribution in [0, 0.1) is 0 Å². The van der Waals surface area contributed by atoms with Gasteiger partial charge in [-0.15, -0.1) is 0 Å². The lowest BCUT2D eigenvalue weighted by Crippen LogP contribution is -2.05. The first-order valence-corrected chi connectivity index (χ1v) is 10.3. The van der Waals surface area contributed by atoms with Gasteiger partial charge >= 0.3 is 0 Å². The Bertz CT molecular complexity index is 1180. The summed E-state index contributed by atoms with van der Waals surface area (Å²) in [6.07, 6.45) is 6.85. The highest BCUT2D eigenvalue weighted by atomic mass is 16.5. The number of aliphatic hydroxyl groups excluding tert-OH is 1. The summed E-state index contributed by atoms with van der Waals surface area (Å²) in [6, 6.07) is 10.1. The number of aryl methyl sites for hydroxylation is 1. The Balaban J connectivity index is 1.85. The van der Waals surface area contributed by atoms with Gasteiger partial charge in [0.25, 0.3) is 0 Å². The van der Waals surface area contributed by atoms with Crippen LogP contribution in [-0.2, 0) is 17.8 Å². The van der Waals surface area contributed by atoms with Crippen LogP contribution in [-0.4, -0.2) is 50.2 Å². The Morgan fingerprint density at radius 2 is 1.94 bits per heavy atom. The van der Waals surface area contributed by atoms with Crippen molar-refractivity contribution in [1.29, 1.82) is 0 Å². The Morgan fingerprint density at radius 1 is 1.03 bits per heavy atom. The molecule has 0 saturated carbocycles. The van der Waals surface area contributed by atoms with Crippen molar-refractivity contribution in [1.82, 2.24) is 24.7 Å². The molecule has 3 heterocycles. The Kier molecular flexibility index (Phi) is 6.49. The summed E-state index contributed by atoms with van der Waals surface area (Å²) < 4.78 is 12.8. The Labute approximate surface area is 180 Å². The lowest BCUT2D eigenvalue weighted by Gasteiger charge is -2.11. The molecule has 0 unspecified atom stereocenters. The molecular formula is C23H25N5O3. The van der Waals surface area contributed by atoms with Crippen molar-refractivity contribution in [3.05, 3.63) is 60.3 Å². The number of aliphatic hydroxyl groups is 1. The molecule has 0 fully saturated rings. The van der Waals surface area contributed by atoms with Crippen LogP contribution in [0.15, 0.2) is 48.9 Å². The van der Waals surface area contributed by atoms with Crippen molar-refractivity contribution < 1.29 is 14.6 Å². The Morgan fingerprint density at radius 3 is 2.74 bits per heavy atom. The zero-order valence-corrected chi connectivity index (χ0v) is 17.7. The van der Waals surface area contributed by atoms with Crippen LogP contribution in [0.25, 0.3) is 28.0 Å². The number of aromatic nitrogens is 5. The van der Waals surface area contributed by atoms with Gasteiger partial charge in [0.1, 0.15) is 12.4 Å². The van der Waals surface area contributed by atoms with E-state index in [9.17, 15) is 5.11 Å². The number of fused-ring (bicyclic) bond motifs is 1. The first-order chi connectivity index (χ1) is 15.2. The van der Waals surface area contributed by atoms with Gasteiger partial charge in [-0.2, -0.15) is 5.10 Å². The maximum atomic E-state index is 9.43. The third kappa shape index (κ3) is 4.55. The summed E-state index contributed by atoms with van der Waals surface area (Å²) in [5.41, 5.74) is 4.13. The second-order valence-corrected chi connectivity index (χ2v) is 7.10. The van der Waals surface area contributed by atoms with Gasteiger partial charge in [-0.1, -0.05) is 19.4 Å². The predicted octanol–water partition coefficient (Wildman–Crippen LogP) is 3.35. The number of pyridine rings is 1. The van der Waals surface area contributed by atoms with E-state index in [1.807, 2.05) is 30.3 Å². The molecule has 0 bridgehead atoms. The molecule has 0 saturated heterocycles. The van der Waals surface area contributed by atoms with Crippen molar-refractivity contribution >= 4 is 10.9 Å². The lowest BCUT2D eigenvalue weighted by molar-refractivity contribution is 0.147. The van der Waals surface area contributed by atoms with Crippen molar-refractivity contribution in [2.45, 2.75) is 26.4 Å². The third-order valence-electron chi connectivity index (χ3n) is 4.86. The minimum Gasteiger partial charge on any atom is -0.490 e. The predicted molar refractivity (Wildman–Crippen MR) is 117 cm³/mol. The fourth-order valence-electron chi connectivity index (χ4n) is 3.39. The average Bonchev–Trinajstić information content (AvgIpc) is 3.24. The second-order valence-electron chi connectivity index (χ2n) is 7.10. The van der Waals surface area contributed by atoms with Crippen molar-refractivity contribution in [2.75, 3.05) is 20.3 Å². The van der Waals surface area contributed by atoms with Gasteiger partial charge < -0.3 is 14.6 Å². The van der Waals surface area contributed by atoms with Crippen LogP contribution in [0.5, 0.6) is 5.75 Å². The van der Waals surface area contributed by atoms with Crippen LogP contribution in [0.3, 0.4) is 0 Å². The molecule has 0 amide bonds. The molecule has 1 aromatic carbocycles. The topological polar surface area (TPSA) is 95.2 Å². The number of benzene rings is 1. The fourth-order valence-corrected chi connectivity index (χ4v) is 3.39. The van der Waals surface area contributed by atoms with E-state index >= 15 is 0 Å². The molecule has 0 atom stereocenters. The van der Waals surface area contributed by atoms with Gasteiger partial charge in [0.2, 0.25) is 0 Å². The van der Waals surface area contributed by atoms with E-state index in [4.69, 9.17) is 14.5 Å². The highest BCUT2D eigenvalue weighted by molar-refractivity contribution is 5.90. The molecule has 8 heteroatoms. The molecule has 0 aliphatic carbocycles. The SMILES string of the molecule is CCCc1cccc(-c2cc(OCCOC)c3cnn(-c4cncc(CO)n4)c3c2)n1. The molecule has 4 aromatic rings. The molecule has 1 N–H and O–H groups in total. The second kappa shape index (κ2) is 9.63. The zero-order chi connectivity index (χ0) is 21.6. The molecule has 4 rings (SSSR count). The van der Waals surface area contributed by atoms with Gasteiger partial charge in [-0.25, -0.2) is 9.67 Å². The van der Waals surface area contributed by atoms with Crippen molar-refractivity contribution in [3.63, 3.8) is 0 Å². The van der Waals surface area contributed by atoms with E-state index in [-0.39, 0.29) is 6.61 Å².